The van der Waals surface area contributed by atoms with Crippen molar-refractivity contribution in [3.63, 3.8) is 0 Å². The van der Waals surface area contributed by atoms with Gasteiger partial charge < -0.3 is 0 Å². The molecule has 0 radical (unpaired) electrons. The van der Waals surface area contributed by atoms with Crippen molar-refractivity contribution in [2.75, 3.05) is 6.61 Å². The predicted molar refractivity (Wildman–Crippen MR) is 54.4 cm³/mol. The molecule has 1 rings (SSSR count). The molecule has 0 aromatic heterocycles. The largest absolute Gasteiger partial charge is 0.296 e. The molecule has 0 aliphatic rings. The maximum atomic E-state index is 12.5. The monoisotopic (exact) mass is 232 g/mol. The summed E-state index contributed by atoms with van der Waals surface area (Å²) in [7, 11) is -3.72. The van der Waals surface area contributed by atoms with Gasteiger partial charge in [-0.05, 0) is 30.7 Å². The molecule has 5 heteroatoms. The topological polar surface area (TPSA) is 43.4 Å². The second kappa shape index (κ2) is 5.23. The molecule has 1 aromatic rings. The second-order valence-electron chi connectivity index (χ2n) is 3.08. The van der Waals surface area contributed by atoms with Gasteiger partial charge in [0, 0.05) is 0 Å². The first-order chi connectivity index (χ1) is 7.06. The van der Waals surface area contributed by atoms with Crippen LogP contribution in [0.25, 0.3) is 0 Å². The third kappa shape index (κ3) is 3.60. The molecule has 0 amide bonds. The van der Waals surface area contributed by atoms with Crippen molar-refractivity contribution in [3.05, 3.63) is 30.1 Å². The summed E-state index contributed by atoms with van der Waals surface area (Å²) in [5.41, 5.74) is 0. The average molecular weight is 232 g/mol. The van der Waals surface area contributed by atoms with Crippen LogP contribution in [0.3, 0.4) is 0 Å². The summed E-state index contributed by atoms with van der Waals surface area (Å²) in [5, 5.41) is 0. The van der Waals surface area contributed by atoms with E-state index in [4.69, 9.17) is 4.18 Å². The van der Waals surface area contributed by atoms with Gasteiger partial charge in [-0.25, -0.2) is 4.39 Å². The number of hydrogen-bond acceptors (Lipinski definition) is 3. The normalized spacial score (nSPS) is 11.6. The average Bonchev–Trinajstić information content (AvgIpc) is 2.18. The van der Waals surface area contributed by atoms with Crippen molar-refractivity contribution in [2.45, 2.75) is 24.7 Å². The lowest BCUT2D eigenvalue weighted by molar-refractivity contribution is 0.311. The highest BCUT2D eigenvalue weighted by Crippen LogP contribution is 2.13. The van der Waals surface area contributed by atoms with E-state index in [0.29, 0.717) is 6.42 Å². The minimum Gasteiger partial charge on any atom is -0.266 e. The molecule has 15 heavy (non-hydrogen) atoms. The molecule has 0 N–H and O–H groups in total. The van der Waals surface area contributed by atoms with Gasteiger partial charge in [-0.1, -0.05) is 13.3 Å². The van der Waals surface area contributed by atoms with Gasteiger partial charge in [-0.15, -0.1) is 0 Å². The van der Waals surface area contributed by atoms with E-state index in [1.165, 1.54) is 12.1 Å². The molecular formula is C10H13FO3S. The molecular weight excluding hydrogens is 219 g/mol. The van der Waals surface area contributed by atoms with Crippen LogP contribution in [0.15, 0.2) is 29.2 Å². The molecule has 0 saturated heterocycles. The number of rotatable bonds is 5. The second-order valence-corrected chi connectivity index (χ2v) is 4.70. The molecule has 3 nitrogen and oxygen atoms in total. The van der Waals surface area contributed by atoms with Gasteiger partial charge in [-0.2, -0.15) is 8.42 Å². The van der Waals surface area contributed by atoms with Gasteiger partial charge in [0.1, 0.15) is 5.82 Å². The summed E-state index contributed by atoms with van der Waals surface area (Å²) in [6, 6.07) is 4.57. The van der Waals surface area contributed by atoms with Crippen LogP contribution in [0.5, 0.6) is 0 Å². The van der Waals surface area contributed by atoms with E-state index in [9.17, 15) is 12.8 Å². The van der Waals surface area contributed by atoms with Gasteiger partial charge in [0.05, 0.1) is 11.5 Å². The van der Waals surface area contributed by atoms with Gasteiger partial charge in [0.2, 0.25) is 0 Å². The number of benzene rings is 1. The van der Waals surface area contributed by atoms with Gasteiger partial charge in [-0.3, -0.25) is 4.18 Å². The molecule has 0 fully saturated rings. The minimum atomic E-state index is -3.72. The zero-order valence-corrected chi connectivity index (χ0v) is 9.26. The molecule has 0 atom stereocenters. The maximum absolute atomic E-state index is 12.5. The molecule has 0 aliphatic heterocycles. The van der Waals surface area contributed by atoms with E-state index in [1.807, 2.05) is 6.92 Å². The van der Waals surface area contributed by atoms with Crippen LogP contribution in [0.2, 0.25) is 0 Å². The van der Waals surface area contributed by atoms with Crippen molar-refractivity contribution >= 4 is 10.1 Å². The Hall–Kier alpha value is -0.940. The zero-order chi connectivity index (χ0) is 11.3. The van der Waals surface area contributed by atoms with Crippen molar-refractivity contribution in [1.82, 2.24) is 0 Å². The Morgan fingerprint density at radius 2 is 1.87 bits per heavy atom. The highest BCUT2D eigenvalue weighted by atomic mass is 32.2. The Morgan fingerprint density at radius 1 is 1.27 bits per heavy atom. The first-order valence-electron chi connectivity index (χ1n) is 4.71. The molecule has 0 bridgehead atoms. The Kier molecular flexibility index (Phi) is 4.23. The maximum Gasteiger partial charge on any atom is 0.296 e. The third-order valence-corrected chi connectivity index (χ3v) is 3.17. The molecule has 0 spiro atoms. The first kappa shape index (κ1) is 12.1. The number of hydrogen-bond donors (Lipinski definition) is 0. The van der Waals surface area contributed by atoms with E-state index in [0.717, 1.165) is 18.6 Å². The van der Waals surface area contributed by atoms with E-state index < -0.39 is 15.9 Å². The van der Waals surface area contributed by atoms with Gasteiger partial charge in [0.25, 0.3) is 10.1 Å². The number of halogens is 1. The molecule has 1 aromatic carbocycles. The van der Waals surface area contributed by atoms with E-state index in [-0.39, 0.29) is 11.5 Å². The van der Waals surface area contributed by atoms with Crippen LogP contribution in [0.1, 0.15) is 19.8 Å². The molecule has 84 valence electrons. The van der Waals surface area contributed by atoms with E-state index in [1.54, 1.807) is 0 Å². The van der Waals surface area contributed by atoms with Crippen LogP contribution in [0.4, 0.5) is 4.39 Å². The fourth-order valence-electron chi connectivity index (χ4n) is 0.982. The molecule has 0 unspecified atom stereocenters. The van der Waals surface area contributed by atoms with Crippen LogP contribution in [-0.2, 0) is 14.3 Å². The smallest absolute Gasteiger partial charge is 0.266 e. The highest BCUT2D eigenvalue weighted by Gasteiger charge is 2.14. The summed E-state index contributed by atoms with van der Waals surface area (Å²) in [4.78, 5) is -0.0139. The summed E-state index contributed by atoms with van der Waals surface area (Å²) < 4.78 is 40.2. The SMILES string of the molecule is CCCCOS(=O)(=O)c1ccc(F)cc1. The predicted octanol–water partition coefficient (Wildman–Crippen LogP) is 2.33. The summed E-state index contributed by atoms with van der Waals surface area (Å²) in [6.07, 6.45) is 1.54. The number of unbranched alkanes of at least 4 members (excludes halogenated alkanes) is 1. The summed E-state index contributed by atoms with van der Waals surface area (Å²) >= 11 is 0. The molecule has 0 heterocycles. The molecule has 0 aliphatic carbocycles. The van der Waals surface area contributed by atoms with Crippen molar-refractivity contribution < 1.29 is 17.0 Å². The third-order valence-electron chi connectivity index (χ3n) is 1.84. The van der Waals surface area contributed by atoms with Crippen LogP contribution in [0, 0.1) is 5.82 Å². The van der Waals surface area contributed by atoms with Gasteiger partial charge in [0.15, 0.2) is 0 Å². The fourth-order valence-corrected chi connectivity index (χ4v) is 1.93. The van der Waals surface area contributed by atoms with E-state index >= 15 is 0 Å². The van der Waals surface area contributed by atoms with Crippen molar-refractivity contribution in [1.29, 1.82) is 0 Å². The lowest BCUT2D eigenvalue weighted by atomic mass is 10.4. The molecule has 0 saturated carbocycles. The minimum absolute atomic E-state index is 0.0139. The van der Waals surface area contributed by atoms with Crippen LogP contribution in [-0.4, -0.2) is 15.0 Å². The fraction of sp³-hybridized carbons (Fsp3) is 0.400. The quantitative estimate of drug-likeness (QED) is 0.578. The van der Waals surface area contributed by atoms with Crippen molar-refractivity contribution in [2.24, 2.45) is 0 Å². The van der Waals surface area contributed by atoms with Crippen LogP contribution >= 0.6 is 0 Å². The first-order valence-corrected chi connectivity index (χ1v) is 6.12. The lowest BCUT2D eigenvalue weighted by Gasteiger charge is -2.04. The van der Waals surface area contributed by atoms with Crippen LogP contribution < -0.4 is 0 Å². The Balaban J connectivity index is 2.73. The lowest BCUT2D eigenvalue weighted by Crippen LogP contribution is -2.07. The van der Waals surface area contributed by atoms with E-state index in [2.05, 4.69) is 0 Å². The Labute approximate surface area is 89.0 Å². The highest BCUT2D eigenvalue weighted by molar-refractivity contribution is 7.86. The zero-order valence-electron chi connectivity index (χ0n) is 8.44. The Morgan fingerprint density at radius 3 is 2.40 bits per heavy atom. The van der Waals surface area contributed by atoms with Gasteiger partial charge >= 0.3 is 0 Å². The standard InChI is InChI=1S/C10H13FO3S/c1-2-3-8-14-15(12,13)10-6-4-9(11)5-7-10/h4-7H,2-3,8H2,1H3. The summed E-state index contributed by atoms with van der Waals surface area (Å²) in [5.74, 6) is -0.470. The summed E-state index contributed by atoms with van der Waals surface area (Å²) in [6.45, 7) is 2.10. The van der Waals surface area contributed by atoms with Crippen molar-refractivity contribution in [3.8, 4) is 0 Å². The Bertz CT molecular complexity index is 397.